The van der Waals surface area contributed by atoms with Crippen LogP contribution in [-0.2, 0) is 12.8 Å². The average molecular weight is 248 g/mol. The van der Waals surface area contributed by atoms with Gasteiger partial charge in [0.25, 0.3) is 0 Å². The lowest BCUT2D eigenvalue weighted by atomic mass is 10.0. The van der Waals surface area contributed by atoms with Crippen molar-refractivity contribution >= 4 is 11.3 Å². The molecule has 1 atom stereocenters. The maximum Gasteiger partial charge on any atom is 0.122 e. The Labute approximate surface area is 105 Å². The Morgan fingerprint density at radius 2 is 2.18 bits per heavy atom. The van der Waals surface area contributed by atoms with Crippen molar-refractivity contribution in [2.45, 2.75) is 18.9 Å². The molecular weight excluding hydrogens is 232 g/mol. The minimum atomic E-state index is 0.0810. The van der Waals surface area contributed by atoms with Gasteiger partial charge in [0, 0.05) is 24.0 Å². The van der Waals surface area contributed by atoms with E-state index in [0.717, 1.165) is 29.2 Å². The molecule has 0 aliphatic carbocycles. The molecule has 0 fully saturated rings. The number of methoxy groups -OCH3 is 1. The summed E-state index contributed by atoms with van der Waals surface area (Å²) >= 11 is 1.65. The van der Waals surface area contributed by atoms with Gasteiger partial charge in [-0.3, -0.25) is 0 Å². The van der Waals surface area contributed by atoms with Crippen LogP contribution >= 0.6 is 11.3 Å². The van der Waals surface area contributed by atoms with Crippen LogP contribution in [0.5, 0.6) is 5.75 Å². The highest BCUT2D eigenvalue weighted by Gasteiger charge is 2.10. The predicted octanol–water partition coefficient (Wildman–Crippen LogP) is 2.26. The SMILES string of the molecule is COc1ccccc1CC(N)Cc1nccs1. The van der Waals surface area contributed by atoms with Crippen molar-refractivity contribution in [2.24, 2.45) is 5.73 Å². The maximum atomic E-state index is 6.13. The van der Waals surface area contributed by atoms with Gasteiger partial charge >= 0.3 is 0 Å². The number of thiazole rings is 1. The Morgan fingerprint density at radius 1 is 1.35 bits per heavy atom. The van der Waals surface area contributed by atoms with Gasteiger partial charge in [-0.15, -0.1) is 11.3 Å². The third kappa shape index (κ3) is 3.28. The van der Waals surface area contributed by atoms with Crippen LogP contribution in [0.4, 0.5) is 0 Å². The Bertz CT molecular complexity index is 456. The highest BCUT2D eigenvalue weighted by molar-refractivity contribution is 7.09. The standard InChI is InChI=1S/C13H16N2OS/c1-16-12-5-3-2-4-10(12)8-11(14)9-13-15-6-7-17-13/h2-7,11H,8-9,14H2,1H3. The van der Waals surface area contributed by atoms with Crippen LogP contribution in [0.3, 0.4) is 0 Å². The zero-order chi connectivity index (χ0) is 12.1. The quantitative estimate of drug-likeness (QED) is 0.883. The van der Waals surface area contributed by atoms with Gasteiger partial charge in [-0.1, -0.05) is 18.2 Å². The monoisotopic (exact) mass is 248 g/mol. The summed E-state index contributed by atoms with van der Waals surface area (Å²) in [6.07, 6.45) is 3.44. The summed E-state index contributed by atoms with van der Waals surface area (Å²) in [4.78, 5) is 4.25. The van der Waals surface area contributed by atoms with E-state index < -0.39 is 0 Å². The van der Waals surface area contributed by atoms with Gasteiger partial charge in [0.1, 0.15) is 5.75 Å². The Hall–Kier alpha value is -1.39. The molecule has 0 aliphatic heterocycles. The molecule has 2 aromatic rings. The van der Waals surface area contributed by atoms with Crippen molar-refractivity contribution < 1.29 is 4.74 Å². The Kier molecular flexibility index (Phi) is 4.12. The first-order chi connectivity index (χ1) is 8.29. The fourth-order valence-corrected chi connectivity index (χ4v) is 2.52. The van der Waals surface area contributed by atoms with Crippen molar-refractivity contribution in [3.8, 4) is 5.75 Å². The van der Waals surface area contributed by atoms with Crippen LogP contribution in [0.25, 0.3) is 0 Å². The molecular formula is C13H16N2OS. The van der Waals surface area contributed by atoms with E-state index >= 15 is 0 Å². The lowest BCUT2D eigenvalue weighted by Gasteiger charge is -2.12. The first-order valence-corrected chi connectivity index (χ1v) is 6.43. The van der Waals surface area contributed by atoms with Crippen LogP contribution in [0.15, 0.2) is 35.8 Å². The van der Waals surface area contributed by atoms with Crippen LogP contribution in [0.2, 0.25) is 0 Å². The van der Waals surface area contributed by atoms with Crippen molar-refractivity contribution in [3.63, 3.8) is 0 Å². The zero-order valence-electron chi connectivity index (χ0n) is 9.80. The molecule has 2 rings (SSSR count). The van der Waals surface area contributed by atoms with Gasteiger partial charge in [-0.05, 0) is 18.1 Å². The predicted molar refractivity (Wildman–Crippen MR) is 70.5 cm³/mol. The van der Waals surface area contributed by atoms with E-state index in [0.29, 0.717) is 0 Å². The molecule has 2 N–H and O–H groups in total. The summed E-state index contributed by atoms with van der Waals surface area (Å²) in [6, 6.07) is 8.08. The fraction of sp³-hybridized carbons (Fsp3) is 0.308. The number of para-hydroxylation sites is 1. The smallest absolute Gasteiger partial charge is 0.122 e. The first-order valence-electron chi connectivity index (χ1n) is 5.55. The van der Waals surface area contributed by atoms with Gasteiger partial charge in [0.05, 0.1) is 12.1 Å². The Morgan fingerprint density at radius 3 is 2.88 bits per heavy atom. The van der Waals surface area contributed by atoms with Crippen LogP contribution in [-0.4, -0.2) is 18.1 Å². The summed E-state index contributed by atoms with van der Waals surface area (Å²) in [7, 11) is 1.69. The van der Waals surface area contributed by atoms with Crippen LogP contribution < -0.4 is 10.5 Å². The fourth-order valence-electron chi connectivity index (χ4n) is 1.80. The lowest BCUT2D eigenvalue weighted by Crippen LogP contribution is -2.25. The molecule has 0 bridgehead atoms. The molecule has 4 heteroatoms. The summed E-state index contributed by atoms with van der Waals surface area (Å²) < 4.78 is 5.31. The van der Waals surface area contributed by atoms with E-state index in [-0.39, 0.29) is 6.04 Å². The average Bonchev–Trinajstić information content (AvgIpc) is 2.82. The van der Waals surface area contributed by atoms with E-state index in [4.69, 9.17) is 10.5 Å². The molecule has 0 radical (unpaired) electrons. The van der Waals surface area contributed by atoms with Crippen LogP contribution in [0.1, 0.15) is 10.6 Å². The minimum absolute atomic E-state index is 0.0810. The van der Waals surface area contributed by atoms with E-state index in [1.807, 2.05) is 29.8 Å². The number of nitrogens with two attached hydrogens (primary N) is 1. The Balaban J connectivity index is 2.00. The van der Waals surface area contributed by atoms with Crippen LogP contribution in [0, 0.1) is 0 Å². The molecule has 0 aliphatic rings. The third-order valence-electron chi connectivity index (χ3n) is 2.59. The highest BCUT2D eigenvalue weighted by Crippen LogP contribution is 2.19. The number of hydrogen-bond donors (Lipinski definition) is 1. The molecule has 0 saturated heterocycles. The zero-order valence-corrected chi connectivity index (χ0v) is 10.6. The molecule has 1 unspecified atom stereocenters. The minimum Gasteiger partial charge on any atom is -0.496 e. The van der Waals surface area contributed by atoms with Gasteiger partial charge in [0.15, 0.2) is 0 Å². The largest absolute Gasteiger partial charge is 0.496 e. The van der Waals surface area contributed by atoms with E-state index in [1.54, 1.807) is 18.4 Å². The lowest BCUT2D eigenvalue weighted by molar-refractivity contribution is 0.408. The molecule has 0 saturated carbocycles. The second-order valence-corrected chi connectivity index (χ2v) is 4.89. The van der Waals surface area contributed by atoms with Gasteiger partial charge in [-0.25, -0.2) is 4.98 Å². The third-order valence-corrected chi connectivity index (χ3v) is 3.40. The summed E-state index contributed by atoms with van der Waals surface area (Å²) in [5.41, 5.74) is 7.28. The van der Waals surface area contributed by atoms with Gasteiger partial charge in [-0.2, -0.15) is 0 Å². The summed E-state index contributed by atoms with van der Waals surface area (Å²) in [5.74, 6) is 0.905. The first kappa shape index (κ1) is 12.1. The summed E-state index contributed by atoms with van der Waals surface area (Å²) in [6.45, 7) is 0. The van der Waals surface area contributed by atoms with Crippen molar-refractivity contribution in [1.82, 2.24) is 4.98 Å². The molecule has 17 heavy (non-hydrogen) atoms. The summed E-state index contributed by atoms with van der Waals surface area (Å²) in [5, 5.41) is 3.07. The topological polar surface area (TPSA) is 48.1 Å². The second kappa shape index (κ2) is 5.80. The maximum absolute atomic E-state index is 6.13. The van der Waals surface area contributed by atoms with E-state index in [1.165, 1.54) is 0 Å². The number of nitrogens with zero attached hydrogens (tertiary/aromatic N) is 1. The number of benzene rings is 1. The molecule has 1 heterocycles. The second-order valence-electron chi connectivity index (χ2n) is 3.91. The van der Waals surface area contributed by atoms with Crippen molar-refractivity contribution in [3.05, 3.63) is 46.4 Å². The van der Waals surface area contributed by atoms with E-state index in [9.17, 15) is 0 Å². The number of aromatic nitrogens is 1. The van der Waals surface area contributed by atoms with Gasteiger partial charge < -0.3 is 10.5 Å². The van der Waals surface area contributed by atoms with Gasteiger partial charge in [0.2, 0.25) is 0 Å². The number of rotatable bonds is 5. The number of hydrogen-bond acceptors (Lipinski definition) is 4. The molecule has 0 spiro atoms. The molecule has 3 nitrogen and oxygen atoms in total. The highest BCUT2D eigenvalue weighted by atomic mass is 32.1. The van der Waals surface area contributed by atoms with E-state index in [2.05, 4.69) is 11.1 Å². The van der Waals surface area contributed by atoms with Crippen molar-refractivity contribution in [2.75, 3.05) is 7.11 Å². The molecule has 1 aromatic heterocycles. The molecule has 90 valence electrons. The molecule has 0 amide bonds. The number of ether oxygens (including phenoxy) is 1. The van der Waals surface area contributed by atoms with Crippen molar-refractivity contribution in [1.29, 1.82) is 0 Å². The molecule has 1 aromatic carbocycles. The normalized spacial score (nSPS) is 12.4.